The molecule has 1 N–H and O–H groups in total. The average Bonchev–Trinajstić information content (AvgIpc) is 3.00. The van der Waals surface area contributed by atoms with Crippen LogP contribution in [0.5, 0.6) is 0 Å². The lowest BCUT2D eigenvalue weighted by atomic mass is 10.1. The van der Waals surface area contributed by atoms with Gasteiger partial charge < -0.3 is 10.2 Å². The number of anilines is 3. The molecular formula is C21H18F2N4O. The summed E-state index contributed by atoms with van der Waals surface area (Å²) in [5.41, 5.74) is 3.17. The number of aromatic nitrogens is 2. The van der Waals surface area contributed by atoms with Crippen molar-refractivity contribution in [3.8, 4) is 0 Å². The molecule has 0 spiro atoms. The Morgan fingerprint density at radius 1 is 1.11 bits per heavy atom. The average molecular weight is 380 g/mol. The lowest BCUT2D eigenvalue weighted by molar-refractivity contribution is 0.102. The van der Waals surface area contributed by atoms with E-state index in [4.69, 9.17) is 0 Å². The Kier molecular flexibility index (Phi) is 4.50. The highest BCUT2D eigenvalue weighted by molar-refractivity contribution is 6.03. The predicted molar refractivity (Wildman–Crippen MR) is 103 cm³/mol. The van der Waals surface area contributed by atoms with Crippen molar-refractivity contribution in [3.05, 3.63) is 77.1 Å². The molecule has 1 aromatic heterocycles. The van der Waals surface area contributed by atoms with Crippen LogP contribution in [-0.4, -0.2) is 21.9 Å². The highest BCUT2D eigenvalue weighted by Crippen LogP contribution is 2.36. The number of benzene rings is 2. The molecule has 1 unspecified atom stereocenters. The van der Waals surface area contributed by atoms with Crippen LogP contribution in [0.2, 0.25) is 0 Å². The molecule has 3 aromatic rings. The molecule has 2 aromatic carbocycles. The van der Waals surface area contributed by atoms with E-state index >= 15 is 0 Å². The lowest BCUT2D eigenvalue weighted by Gasteiger charge is -2.23. The first kappa shape index (κ1) is 18.0. The van der Waals surface area contributed by atoms with Crippen molar-refractivity contribution in [2.24, 2.45) is 0 Å². The zero-order valence-corrected chi connectivity index (χ0v) is 15.4. The molecule has 1 aliphatic heterocycles. The third-order valence-corrected chi connectivity index (χ3v) is 4.68. The van der Waals surface area contributed by atoms with Gasteiger partial charge in [-0.05, 0) is 50.1 Å². The largest absolute Gasteiger partial charge is 0.321 e. The van der Waals surface area contributed by atoms with Crippen molar-refractivity contribution in [2.75, 3.05) is 10.2 Å². The standard InChI is InChI=1S/C21H18F2N4O/c1-12-9-18(20(28)25-15-7-8-16(22)17(23)11-15)26-21(24-12)27-13(2)10-14-5-3-4-6-19(14)27/h3-9,11,13H,10H2,1-2H3,(H,25,28). The second-order valence-electron chi connectivity index (χ2n) is 6.83. The van der Waals surface area contributed by atoms with Gasteiger partial charge in [0.1, 0.15) is 5.69 Å². The summed E-state index contributed by atoms with van der Waals surface area (Å²) in [6.45, 7) is 3.86. The van der Waals surface area contributed by atoms with Gasteiger partial charge in [-0.2, -0.15) is 0 Å². The molecule has 0 radical (unpaired) electrons. The number of aryl methyl sites for hydroxylation is 1. The SMILES string of the molecule is Cc1cc(C(=O)Nc2ccc(F)c(F)c2)nc(N2c3ccccc3CC2C)n1. The Hall–Kier alpha value is -3.35. The number of carbonyl (C=O) groups is 1. The zero-order chi connectivity index (χ0) is 19.8. The van der Waals surface area contributed by atoms with Crippen LogP contribution in [0.3, 0.4) is 0 Å². The van der Waals surface area contributed by atoms with Gasteiger partial charge in [0.25, 0.3) is 5.91 Å². The number of nitrogens with one attached hydrogen (secondary N) is 1. The summed E-state index contributed by atoms with van der Waals surface area (Å²) >= 11 is 0. The fourth-order valence-corrected chi connectivity index (χ4v) is 3.42. The molecule has 0 saturated carbocycles. The fraction of sp³-hybridized carbons (Fsp3) is 0.190. The van der Waals surface area contributed by atoms with Crippen LogP contribution in [-0.2, 0) is 6.42 Å². The van der Waals surface area contributed by atoms with Crippen molar-refractivity contribution in [1.29, 1.82) is 0 Å². The maximum absolute atomic E-state index is 13.4. The van der Waals surface area contributed by atoms with E-state index in [0.717, 1.165) is 24.2 Å². The summed E-state index contributed by atoms with van der Waals surface area (Å²) in [6.07, 6.45) is 0.865. The minimum atomic E-state index is -1.03. The van der Waals surface area contributed by atoms with Crippen LogP contribution in [0.15, 0.2) is 48.5 Å². The normalized spacial score (nSPS) is 15.4. The van der Waals surface area contributed by atoms with E-state index in [-0.39, 0.29) is 17.4 Å². The molecule has 0 fully saturated rings. The summed E-state index contributed by atoms with van der Waals surface area (Å²) in [7, 11) is 0. The van der Waals surface area contributed by atoms with Gasteiger partial charge in [0.2, 0.25) is 5.95 Å². The number of rotatable bonds is 3. The van der Waals surface area contributed by atoms with Gasteiger partial charge in [-0.15, -0.1) is 0 Å². The van der Waals surface area contributed by atoms with E-state index in [0.29, 0.717) is 11.6 Å². The first-order chi connectivity index (χ1) is 13.4. The van der Waals surface area contributed by atoms with Crippen LogP contribution in [0.1, 0.15) is 28.7 Å². The number of hydrogen-bond acceptors (Lipinski definition) is 4. The molecule has 7 heteroatoms. The number of hydrogen-bond donors (Lipinski definition) is 1. The molecule has 2 heterocycles. The van der Waals surface area contributed by atoms with E-state index in [9.17, 15) is 13.6 Å². The molecule has 28 heavy (non-hydrogen) atoms. The van der Waals surface area contributed by atoms with Crippen LogP contribution in [0.4, 0.5) is 26.1 Å². The maximum atomic E-state index is 13.4. The number of carbonyl (C=O) groups excluding carboxylic acids is 1. The molecule has 0 bridgehead atoms. The molecule has 1 atom stereocenters. The Balaban J connectivity index is 1.66. The summed E-state index contributed by atoms with van der Waals surface area (Å²) in [5, 5.41) is 2.55. The Bertz CT molecular complexity index is 1070. The van der Waals surface area contributed by atoms with E-state index < -0.39 is 17.5 Å². The van der Waals surface area contributed by atoms with E-state index in [2.05, 4.69) is 28.3 Å². The Morgan fingerprint density at radius 2 is 1.89 bits per heavy atom. The van der Waals surface area contributed by atoms with Crippen LogP contribution >= 0.6 is 0 Å². The van der Waals surface area contributed by atoms with Crippen molar-refractivity contribution in [2.45, 2.75) is 26.3 Å². The smallest absolute Gasteiger partial charge is 0.274 e. The first-order valence-corrected chi connectivity index (χ1v) is 8.91. The second-order valence-corrected chi connectivity index (χ2v) is 6.83. The maximum Gasteiger partial charge on any atom is 0.274 e. The fourth-order valence-electron chi connectivity index (χ4n) is 3.42. The third kappa shape index (κ3) is 3.31. The number of nitrogens with zero attached hydrogens (tertiary/aromatic N) is 3. The van der Waals surface area contributed by atoms with Gasteiger partial charge in [0.05, 0.1) is 0 Å². The van der Waals surface area contributed by atoms with Crippen LogP contribution in [0, 0.1) is 18.6 Å². The van der Waals surface area contributed by atoms with E-state index in [1.807, 2.05) is 23.1 Å². The molecule has 4 rings (SSSR count). The summed E-state index contributed by atoms with van der Waals surface area (Å²) in [5.74, 6) is -2.08. The molecule has 5 nitrogen and oxygen atoms in total. The highest BCUT2D eigenvalue weighted by Gasteiger charge is 2.29. The quantitative estimate of drug-likeness (QED) is 0.732. The predicted octanol–water partition coefficient (Wildman–Crippen LogP) is 4.40. The van der Waals surface area contributed by atoms with Gasteiger partial charge in [-0.25, -0.2) is 18.7 Å². The molecule has 1 aliphatic rings. The van der Waals surface area contributed by atoms with Gasteiger partial charge in [-0.3, -0.25) is 4.79 Å². The van der Waals surface area contributed by atoms with E-state index in [1.165, 1.54) is 11.6 Å². The summed E-state index contributed by atoms with van der Waals surface area (Å²) in [4.78, 5) is 23.6. The monoisotopic (exact) mass is 380 g/mol. The number of amides is 1. The number of para-hydroxylation sites is 1. The lowest BCUT2D eigenvalue weighted by Crippen LogP contribution is -2.27. The van der Waals surface area contributed by atoms with Gasteiger partial charge in [0.15, 0.2) is 11.6 Å². The zero-order valence-electron chi connectivity index (χ0n) is 15.4. The minimum absolute atomic E-state index is 0.154. The van der Waals surface area contributed by atoms with Gasteiger partial charge in [-0.1, -0.05) is 18.2 Å². The Morgan fingerprint density at radius 3 is 2.68 bits per heavy atom. The highest BCUT2D eigenvalue weighted by atomic mass is 19.2. The van der Waals surface area contributed by atoms with Crippen molar-refractivity contribution >= 4 is 23.2 Å². The Labute approximate surface area is 161 Å². The molecule has 1 amide bonds. The molecule has 0 aliphatic carbocycles. The number of fused-ring (bicyclic) bond motifs is 1. The van der Waals surface area contributed by atoms with Crippen LogP contribution in [0.25, 0.3) is 0 Å². The van der Waals surface area contributed by atoms with E-state index in [1.54, 1.807) is 13.0 Å². The topological polar surface area (TPSA) is 58.1 Å². The third-order valence-electron chi connectivity index (χ3n) is 4.68. The second kappa shape index (κ2) is 6.99. The molecular weight excluding hydrogens is 362 g/mol. The first-order valence-electron chi connectivity index (χ1n) is 8.91. The van der Waals surface area contributed by atoms with Crippen molar-refractivity contribution in [1.82, 2.24) is 9.97 Å². The molecule has 0 saturated heterocycles. The minimum Gasteiger partial charge on any atom is -0.321 e. The van der Waals surface area contributed by atoms with Crippen LogP contribution < -0.4 is 10.2 Å². The summed E-state index contributed by atoms with van der Waals surface area (Å²) in [6, 6.07) is 12.9. The van der Waals surface area contributed by atoms with Gasteiger partial charge >= 0.3 is 0 Å². The summed E-state index contributed by atoms with van der Waals surface area (Å²) < 4.78 is 26.5. The molecule has 142 valence electrons. The van der Waals surface area contributed by atoms with Crippen molar-refractivity contribution < 1.29 is 13.6 Å². The number of halogens is 2. The van der Waals surface area contributed by atoms with Crippen molar-refractivity contribution in [3.63, 3.8) is 0 Å². The van der Waals surface area contributed by atoms with Gasteiger partial charge in [0, 0.05) is 29.2 Å².